The number of aliphatic hydroxyl groups excluding tert-OH is 1. The van der Waals surface area contributed by atoms with Gasteiger partial charge in [0.2, 0.25) is 0 Å². The molecule has 2 heterocycles. The van der Waals surface area contributed by atoms with Crippen molar-refractivity contribution in [1.82, 2.24) is 19.7 Å². The quantitative estimate of drug-likeness (QED) is 0.294. The number of thiazole rings is 1. The van der Waals surface area contributed by atoms with E-state index in [0.717, 1.165) is 22.0 Å². The maximum atomic E-state index is 14.0. The third kappa shape index (κ3) is 3.47. The van der Waals surface area contributed by atoms with Gasteiger partial charge in [0.25, 0.3) is 0 Å². The molecule has 0 aliphatic heterocycles. The van der Waals surface area contributed by atoms with Crippen LogP contribution in [-0.2, 0) is 0 Å². The van der Waals surface area contributed by atoms with Crippen LogP contribution in [0.4, 0.5) is 4.39 Å². The molecule has 28 heavy (non-hydrogen) atoms. The van der Waals surface area contributed by atoms with Crippen LogP contribution in [0.25, 0.3) is 21.5 Å². The molecule has 0 spiro atoms. The monoisotopic (exact) mass is 409 g/mol. The Kier molecular flexibility index (Phi) is 5.06. The minimum absolute atomic E-state index is 0.0754. The predicted molar refractivity (Wildman–Crippen MR) is 107 cm³/mol. The van der Waals surface area contributed by atoms with Gasteiger partial charge in [-0.1, -0.05) is 36.0 Å². The lowest BCUT2D eigenvalue weighted by molar-refractivity contribution is 0.420. The number of fused-ring (bicyclic) bond motifs is 1. The Morgan fingerprint density at radius 3 is 2.79 bits per heavy atom. The molecule has 6 nitrogen and oxygen atoms in total. The molecule has 0 aliphatic carbocycles. The second-order valence-electron chi connectivity index (χ2n) is 5.64. The number of allylic oxidation sites excluding steroid dienone is 1. The zero-order valence-corrected chi connectivity index (χ0v) is 15.9. The summed E-state index contributed by atoms with van der Waals surface area (Å²) >= 11 is 2.49. The first-order chi connectivity index (χ1) is 13.7. The second kappa shape index (κ2) is 7.80. The Bertz CT molecular complexity index is 1190. The van der Waals surface area contributed by atoms with Crippen LogP contribution in [0.5, 0.6) is 0 Å². The second-order valence-corrected chi connectivity index (χ2v) is 7.62. The van der Waals surface area contributed by atoms with Gasteiger partial charge in [0, 0.05) is 0 Å². The third-order valence-electron chi connectivity index (χ3n) is 3.87. The highest BCUT2D eigenvalue weighted by atomic mass is 32.2. The molecule has 4 aromatic rings. The molecule has 0 saturated heterocycles. The summed E-state index contributed by atoms with van der Waals surface area (Å²) in [6, 6.07) is 15.8. The standard InChI is InChI=1S/C19H12FN5OS2/c20-13-5-1-3-7-15(13)25-11-22-24-19(25)27-10-16(26)12(9-21)18-23-14-6-2-4-8-17(14)28-18/h1-8,11,26H,10H2/b16-12-. The van der Waals surface area contributed by atoms with Crippen LogP contribution < -0.4 is 0 Å². The smallest absolute Gasteiger partial charge is 0.196 e. The number of rotatable bonds is 5. The highest BCUT2D eigenvalue weighted by molar-refractivity contribution is 7.99. The molecule has 0 radical (unpaired) electrons. The van der Waals surface area contributed by atoms with Crippen LogP contribution in [0, 0.1) is 17.1 Å². The van der Waals surface area contributed by atoms with Crippen molar-refractivity contribution in [3.8, 4) is 11.8 Å². The lowest BCUT2D eigenvalue weighted by Crippen LogP contribution is -2.00. The summed E-state index contributed by atoms with van der Waals surface area (Å²) in [6.45, 7) is 0. The summed E-state index contributed by atoms with van der Waals surface area (Å²) in [5, 5.41) is 28.6. The van der Waals surface area contributed by atoms with Gasteiger partial charge in [-0.2, -0.15) is 5.26 Å². The summed E-state index contributed by atoms with van der Waals surface area (Å²) in [5.41, 5.74) is 1.20. The van der Waals surface area contributed by atoms with Crippen molar-refractivity contribution in [2.24, 2.45) is 0 Å². The van der Waals surface area contributed by atoms with Gasteiger partial charge >= 0.3 is 0 Å². The maximum absolute atomic E-state index is 14.0. The highest BCUT2D eigenvalue weighted by Gasteiger charge is 2.16. The van der Waals surface area contributed by atoms with Crippen molar-refractivity contribution in [1.29, 1.82) is 5.26 Å². The molecule has 138 valence electrons. The number of aliphatic hydroxyl groups is 1. The lowest BCUT2D eigenvalue weighted by atomic mass is 10.2. The van der Waals surface area contributed by atoms with Gasteiger partial charge in [-0.05, 0) is 24.3 Å². The molecule has 0 atom stereocenters. The van der Waals surface area contributed by atoms with Crippen molar-refractivity contribution >= 4 is 38.9 Å². The summed E-state index contributed by atoms with van der Waals surface area (Å²) in [6.07, 6.45) is 1.40. The van der Waals surface area contributed by atoms with Crippen molar-refractivity contribution in [2.45, 2.75) is 5.16 Å². The molecule has 0 aliphatic rings. The molecule has 2 aromatic heterocycles. The van der Waals surface area contributed by atoms with Crippen LogP contribution >= 0.6 is 23.1 Å². The zero-order valence-electron chi connectivity index (χ0n) is 14.3. The number of nitrogens with zero attached hydrogens (tertiary/aromatic N) is 5. The topological polar surface area (TPSA) is 87.6 Å². The Hall–Kier alpha value is -3.22. The number of aromatic nitrogens is 4. The minimum atomic E-state index is -0.406. The molecule has 0 bridgehead atoms. The number of hydrogen-bond acceptors (Lipinski definition) is 7. The van der Waals surface area contributed by atoms with Crippen LogP contribution in [0.3, 0.4) is 0 Å². The van der Waals surface area contributed by atoms with E-state index >= 15 is 0 Å². The van der Waals surface area contributed by atoms with Crippen molar-refractivity contribution in [3.05, 3.63) is 71.4 Å². The average Bonchev–Trinajstić information content (AvgIpc) is 3.34. The summed E-state index contributed by atoms with van der Waals surface area (Å²) in [4.78, 5) is 4.41. The fraction of sp³-hybridized carbons (Fsp3) is 0.0526. The average molecular weight is 409 g/mol. The van der Waals surface area contributed by atoms with E-state index in [4.69, 9.17) is 0 Å². The van der Waals surface area contributed by atoms with E-state index in [1.54, 1.807) is 18.2 Å². The molecule has 1 N–H and O–H groups in total. The van der Waals surface area contributed by atoms with Gasteiger partial charge in [0.15, 0.2) is 5.16 Å². The molecule has 2 aromatic carbocycles. The largest absolute Gasteiger partial charge is 0.510 e. The predicted octanol–water partition coefficient (Wildman–Crippen LogP) is 4.60. The third-order valence-corrected chi connectivity index (χ3v) is 5.88. The number of thioether (sulfide) groups is 1. The highest BCUT2D eigenvalue weighted by Crippen LogP contribution is 2.30. The fourth-order valence-electron chi connectivity index (χ4n) is 2.56. The Morgan fingerprint density at radius 1 is 1.21 bits per heavy atom. The number of nitriles is 1. The van der Waals surface area contributed by atoms with Gasteiger partial charge in [0.05, 0.1) is 21.7 Å². The molecule has 4 rings (SSSR count). The Balaban J connectivity index is 1.60. The van der Waals surface area contributed by atoms with Gasteiger partial charge < -0.3 is 5.11 Å². The van der Waals surface area contributed by atoms with Gasteiger partial charge in [0.1, 0.15) is 34.6 Å². The van der Waals surface area contributed by atoms with Crippen LogP contribution in [0.2, 0.25) is 0 Å². The van der Waals surface area contributed by atoms with Gasteiger partial charge in [-0.25, -0.2) is 9.37 Å². The van der Waals surface area contributed by atoms with Gasteiger partial charge in [-0.3, -0.25) is 4.57 Å². The first-order valence-corrected chi connectivity index (χ1v) is 9.93. The van der Waals surface area contributed by atoms with Crippen molar-refractivity contribution < 1.29 is 9.50 Å². The van der Waals surface area contributed by atoms with Crippen molar-refractivity contribution in [2.75, 3.05) is 5.75 Å². The Morgan fingerprint density at radius 2 is 2.00 bits per heavy atom. The lowest BCUT2D eigenvalue weighted by Gasteiger charge is -2.07. The number of halogens is 1. The zero-order chi connectivity index (χ0) is 19.5. The molecular weight excluding hydrogens is 397 g/mol. The van der Waals surface area contributed by atoms with E-state index in [9.17, 15) is 14.8 Å². The van der Waals surface area contributed by atoms with E-state index in [2.05, 4.69) is 15.2 Å². The first-order valence-electron chi connectivity index (χ1n) is 8.13. The molecule has 0 unspecified atom stereocenters. The molecule has 9 heteroatoms. The van der Waals surface area contributed by atoms with Crippen LogP contribution in [0.15, 0.2) is 65.8 Å². The first kappa shape index (κ1) is 18.2. The van der Waals surface area contributed by atoms with E-state index < -0.39 is 5.82 Å². The summed E-state index contributed by atoms with van der Waals surface area (Å²) < 4.78 is 16.5. The summed E-state index contributed by atoms with van der Waals surface area (Å²) in [7, 11) is 0. The molecule has 0 amide bonds. The number of para-hydroxylation sites is 2. The number of benzene rings is 2. The maximum Gasteiger partial charge on any atom is 0.196 e. The minimum Gasteiger partial charge on any atom is -0.510 e. The molecular formula is C19H12FN5OS2. The Labute approximate surface area is 167 Å². The van der Waals surface area contributed by atoms with Crippen molar-refractivity contribution in [3.63, 3.8) is 0 Å². The molecule has 0 saturated carbocycles. The van der Waals surface area contributed by atoms with Gasteiger partial charge in [-0.15, -0.1) is 21.5 Å². The summed E-state index contributed by atoms with van der Waals surface area (Å²) in [5.74, 6) is -0.447. The normalized spacial score (nSPS) is 12.0. The van der Waals surface area contributed by atoms with Crippen LogP contribution in [-0.4, -0.2) is 30.6 Å². The fourth-order valence-corrected chi connectivity index (χ4v) is 4.34. The van der Waals surface area contributed by atoms with E-state index in [1.807, 2.05) is 30.3 Å². The molecule has 0 fully saturated rings. The SMILES string of the molecule is N#C/C(=C(/O)CSc1nncn1-c1ccccc1F)c1nc2ccccc2s1. The number of hydrogen-bond donors (Lipinski definition) is 1. The van der Waals surface area contributed by atoms with E-state index in [0.29, 0.717) is 15.9 Å². The van der Waals surface area contributed by atoms with Crippen LogP contribution in [0.1, 0.15) is 5.01 Å². The van der Waals surface area contributed by atoms with E-state index in [1.165, 1.54) is 28.3 Å². The van der Waals surface area contributed by atoms with E-state index in [-0.39, 0.29) is 17.1 Å².